The first kappa shape index (κ1) is 34.6. The van der Waals surface area contributed by atoms with Gasteiger partial charge in [-0.25, -0.2) is 9.59 Å². The molecule has 0 aliphatic heterocycles. The Kier molecular flexibility index (Phi) is 12.2. The summed E-state index contributed by atoms with van der Waals surface area (Å²) in [5.41, 5.74) is 15.6. The van der Waals surface area contributed by atoms with Gasteiger partial charge >= 0.3 is 24.3 Å². The summed E-state index contributed by atoms with van der Waals surface area (Å²) in [5.74, 6) is -5.74. The Balaban J connectivity index is 0.000000522. The molecule has 224 valence electrons. The molecule has 10 nitrogen and oxygen atoms in total. The van der Waals surface area contributed by atoms with E-state index in [2.05, 4.69) is 5.32 Å². The van der Waals surface area contributed by atoms with Gasteiger partial charge in [-0.05, 0) is 34.9 Å². The van der Waals surface area contributed by atoms with Gasteiger partial charge in [0.2, 0.25) is 0 Å². The number of aliphatic carboxylic acids is 2. The Morgan fingerprint density at radius 2 is 1.14 bits per heavy atom. The number of carbonyl (C=O) groups excluding carboxylic acids is 1. The van der Waals surface area contributed by atoms with E-state index < -0.39 is 24.3 Å². The number of carboxylic acids is 2. The lowest BCUT2D eigenvalue weighted by atomic mass is 9.97. The molecule has 0 aliphatic carbocycles. The third-order valence-corrected chi connectivity index (χ3v) is 4.88. The Labute approximate surface area is 233 Å². The van der Waals surface area contributed by atoms with E-state index in [1.54, 1.807) is 30.3 Å². The second-order valence-electron chi connectivity index (χ2n) is 7.93. The lowest BCUT2D eigenvalue weighted by molar-refractivity contribution is -0.193. The van der Waals surface area contributed by atoms with Gasteiger partial charge in [0.1, 0.15) is 11.7 Å². The van der Waals surface area contributed by atoms with Crippen molar-refractivity contribution >= 4 is 29.5 Å². The van der Waals surface area contributed by atoms with Crippen molar-refractivity contribution in [1.29, 1.82) is 10.8 Å². The van der Waals surface area contributed by atoms with Gasteiger partial charge in [-0.3, -0.25) is 15.6 Å². The number of nitrogens with one attached hydrogen (secondary N) is 3. The van der Waals surface area contributed by atoms with Crippen LogP contribution >= 0.6 is 0 Å². The van der Waals surface area contributed by atoms with Crippen molar-refractivity contribution in [2.45, 2.75) is 18.9 Å². The molecule has 0 atom stereocenters. The van der Waals surface area contributed by atoms with E-state index in [1.165, 1.54) is 0 Å². The molecule has 0 bridgehead atoms. The zero-order valence-corrected chi connectivity index (χ0v) is 21.2. The summed E-state index contributed by atoms with van der Waals surface area (Å²) >= 11 is 0. The molecule has 0 fully saturated rings. The standard InChI is InChI=1S/C22H21N5O.2C2HF3O2/c23-20(24)14-8-10-15(11-9-14)22(28)27-13-18-4-1-2-7-19(18)16-5-3-6-17(12-16)21(25)26;2*3-2(4,5)1(6)7/h1-12H,13H2,(H3,23,24)(H3,25,26)(H,27,28);2*(H,6,7). The van der Waals surface area contributed by atoms with Gasteiger partial charge in [-0.15, -0.1) is 0 Å². The number of benzene rings is 3. The highest BCUT2D eigenvalue weighted by Gasteiger charge is 2.38. The van der Waals surface area contributed by atoms with Crippen LogP contribution in [0.3, 0.4) is 0 Å². The molecule has 42 heavy (non-hydrogen) atoms. The first-order valence-electron chi connectivity index (χ1n) is 11.2. The Morgan fingerprint density at radius 3 is 1.60 bits per heavy atom. The number of amidine groups is 2. The Hall–Kier alpha value is -5.41. The zero-order valence-electron chi connectivity index (χ0n) is 21.2. The van der Waals surface area contributed by atoms with Gasteiger partial charge in [0.05, 0.1) is 0 Å². The number of rotatable bonds is 6. The highest BCUT2D eigenvalue weighted by molar-refractivity contribution is 5.98. The fourth-order valence-electron chi connectivity index (χ4n) is 2.89. The number of carboxylic acid groups (broad SMARTS) is 2. The molecule has 0 aromatic heterocycles. The average molecular weight is 599 g/mol. The number of nitrogen functional groups attached to an aromatic ring is 2. The second kappa shape index (κ2) is 14.8. The Bertz CT molecular complexity index is 1420. The van der Waals surface area contributed by atoms with Crippen LogP contribution < -0.4 is 16.8 Å². The smallest absolute Gasteiger partial charge is 0.475 e. The molecule has 0 radical (unpaired) electrons. The maximum atomic E-state index is 12.4. The summed E-state index contributed by atoms with van der Waals surface area (Å²) < 4.78 is 63.5. The fraction of sp³-hybridized carbons (Fsp3) is 0.115. The molecule has 0 spiro atoms. The van der Waals surface area contributed by atoms with E-state index in [-0.39, 0.29) is 17.6 Å². The molecule has 0 heterocycles. The minimum absolute atomic E-state index is 0.0154. The number of hydrogen-bond acceptors (Lipinski definition) is 5. The molecule has 0 unspecified atom stereocenters. The van der Waals surface area contributed by atoms with Crippen LogP contribution in [0.2, 0.25) is 0 Å². The monoisotopic (exact) mass is 599 g/mol. The van der Waals surface area contributed by atoms with Crippen LogP contribution in [0.15, 0.2) is 72.8 Å². The van der Waals surface area contributed by atoms with Gasteiger partial charge in [-0.1, -0.05) is 54.6 Å². The predicted octanol–water partition coefficient (Wildman–Crippen LogP) is 4.12. The largest absolute Gasteiger partial charge is 0.490 e. The molecule has 0 saturated heterocycles. The van der Waals surface area contributed by atoms with Crippen LogP contribution in [0.5, 0.6) is 0 Å². The molecule has 0 saturated carbocycles. The van der Waals surface area contributed by atoms with Crippen LogP contribution in [-0.4, -0.2) is 52.1 Å². The quantitative estimate of drug-likeness (QED) is 0.125. The van der Waals surface area contributed by atoms with Crippen LogP contribution in [0.25, 0.3) is 11.1 Å². The molecule has 0 aliphatic rings. The molecular weight excluding hydrogens is 576 g/mol. The topological polar surface area (TPSA) is 203 Å². The summed E-state index contributed by atoms with van der Waals surface area (Å²) in [6, 6.07) is 21.8. The SMILES string of the molecule is N=C(N)c1ccc(C(=O)NCc2ccccc2-c2cccc(C(=N)N)c2)cc1.O=C(O)C(F)(F)F.O=C(O)C(F)(F)F. The molecule has 3 aromatic carbocycles. The lowest BCUT2D eigenvalue weighted by Gasteiger charge is -2.12. The molecular formula is C26H23F6N5O5. The number of amides is 1. The van der Waals surface area contributed by atoms with Gasteiger partial charge in [0.25, 0.3) is 5.91 Å². The number of nitrogens with two attached hydrogens (primary N) is 2. The van der Waals surface area contributed by atoms with E-state index in [4.69, 9.17) is 42.1 Å². The van der Waals surface area contributed by atoms with Crippen molar-refractivity contribution in [2.75, 3.05) is 0 Å². The number of halogens is 6. The van der Waals surface area contributed by atoms with E-state index in [1.807, 2.05) is 42.5 Å². The van der Waals surface area contributed by atoms with E-state index >= 15 is 0 Å². The van der Waals surface area contributed by atoms with Gasteiger partial charge in [0.15, 0.2) is 0 Å². The Morgan fingerprint density at radius 1 is 0.690 bits per heavy atom. The van der Waals surface area contributed by atoms with Crippen molar-refractivity contribution in [3.05, 3.63) is 95.1 Å². The van der Waals surface area contributed by atoms with E-state index in [0.29, 0.717) is 23.2 Å². The third kappa shape index (κ3) is 11.4. The van der Waals surface area contributed by atoms with Gasteiger partial charge in [-0.2, -0.15) is 26.3 Å². The minimum Gasteiger partial charge on any atom is -0.475 e. The van der Waals surface area contributed by atoms with Crippen molar-refractivity contribution in [3.8, 4) is 11.1 Å². The molecule has 1 amide bonds. The van der Waals surface area contributed by atoms with Crippen molar-refractivity contribution in [2.24, 2.45) is 11.5 Å². The van der Waals surface area contributed by atoms with Crippen LogP contribution in [0, 0.1) is 10.8 Å². The summed E-state index contributed by atoms with van der Waals surface area (Å²) in [4.78, 5) is 30.2. The summed E-state index contributed by atoms with van der Waals surface area (Å²) in [5, 5.41) is 32.2. The number of hydrogen-bond donors (Lipinski definition) is 7. The van der Waals surface area contributed by atoms with Crippen molar-refractivity contribution < 1.29 is 50.9 Å². The van der Waals surface area contributed by atoms with Gasteiger partial charge < -0.3 is 27.0 Å². The summed E-state index contributed by atoms with van der Waals surface area (Å²) in [6.07, 6.45) is -10.2. The normalized spacial score (nSPS) is 10.6. The predicted molar refractivity (Wildman–Crippen MR) is 139 cm³/mol. The van der Waals surface area contributed by atoms with Crippen LogP contribution in [-0.2, 0) is 16.1 Å². The highest BCUT2D eigenvalue weighted by Crippen LogP contribution is 2.24. The lowest BCUT2D eigenvalue weighted by Crippen LogP contribution is -2.23. The maximum absolute atomic E-state index is 12.4. The number of carbonyl (C=O) groups is 3. The number of alkyl halides is 6. The molecule has 9 N–H and O–H groups in total. The van der Waals surface area contributed by atoms with Gasteiger partial charge in [0, 0.05) is 23.2 Å². The molecule has 16 heteroatoms. The van der Waals surface area contributed by atoms with E-state index in [9.17, 15) is 31.1 Å². The summed E-state index contributed by atoms with van der Waals surface area (Å²) in [7, 11) is 0. The van der Waals surface area contributed by atoms with Crippen molar-refractivity contribution in [3.63, 3.8) is 0 Å². The molecule has 3 aromatic rings. The van der Waals surface area contributed by atoms with E-state index in [0.717, 1.165) is 16.7 Å². The molecule has 3 rings (SSSR count). The third-order valence-electron chi connectivity index (χ3n) is 4.88. The van der Waals surface area contributed by atoms with Crippen molar-refractivity contribution in [1.82, 2.24) is 5.32 Å². The highest BCUT2D eigenvalue weighted by atomic mass is 19.4. The zero-order chi connectivity index (χ0) is 32.3. The second-order valence-corrected chi connectivity index (χ2v) is 7.93. The minimum atomic E-state index is -5.08. The first-order valence-corrected chi connectivity index (χ1v) is 11.2. The first-order chi connectivity index (χ1) is 19.3. The average Bonchev–Trinajstić information content (AvgIpc) is 2.91. The fourth-order valence-corrected chi connectivity index (χ4v) is 2.89. The van der Waals surface area contributed by atoms with Crippen LogP contribution in [0.4, 0.5) is 26.3 Å². The summed E-state index contributed by atoms with van der Waals surface area (Å²) in [6.45, 7) is 0.355. The maximum Gasteiger partial charge on any atom is 0.490 e. The van der Waals surface area contributed by atoms with Crippen LogP contribution in [0.1, 0.15) is 27.0 Å².